The maximum Gasteiger partial charge on any atom is 0.401 e. The zero-order valence-corrected chi connectivity index (χ0v) is 8.76. The van der Waals surface area contributed by atoms with Crippen molar-refractivity contribution in [3.63, 3.8) is 0 Å². The van der Waals surface area contributed by atoms with Crippen LogP contribution in [0.2, 0.25) is 0 Å². The van der Waals surface area contributed by atoms with Crippen molar-refractivity contribution in [1.82, 2.24) is 10.2 Å². The predicted molar refractivity (Wildman–Crippen MR) is 52.8 cm³/mol. The van der Waals surface area contributed by atoms with Crippen molar-refractivity contribution in [3.8, 4) is 0 Å². The second-order valence-corrected chi connectivity index (χ2v) is 3.07. The van der Waals surface area contributed by atoms with Crippen molar-refractivity contribution < 1.29 is 23.1 Å². The van der Waals surface area contributed by atoms with Crippen LogP contribution in [0.1, 0.15) is 0 Å². The largest absolute Gasteiger partial charge is 0.401 e. The molecule has 4 nitrogen and oxygen atoms in total. The van der Waals surface area contributed by atoms with Gasteiger partial charge in [-0.25, -0.2) is 0 Å². The fourth-order valence-corrected chi connectivity index (χ4v) is 1.02. The second kappa shape index (κ2) is 7.24. The second-order valence-electron chi connectivity index (χ2n) is 3.07. The van der Waals surface area contributed by atoms with Gasteiger partial charge in [0.15, 0.2) is 0 Å². The van der Waals surface area contributed by atoms with E-state index in [2.05, 4.69) is 6.58 Å². The maximum atomic E-state index is 11.8. The highest BCUT2D eigenvalue weighted by molar-refractivity contribution is 5.78. The fourth-order valence-electron chi connectivity index (χ4n) is 1.02. The molecule has 16 heavy (non-hydrogen) atoms. The van der Waals surface area contributed by atoms with Crippen molar-refractivity contribution in [2.45, 2.75) is 6.18 Å². The van der Waals surface area contributed by atoms with E-state index >= 15 is 0 Å². The molecule has 0 saturated carbocycles. The first kappa shape index (κ1) is 14.9. The lowest BCUT2D eigenvalue weighted by atomic mass is 10.4. The summed E-state index contributed by atoms with van der Waals surface area (Å²) in [5, 5.41) is 10.6. The number of carbonyl (C=O) groups excluding carboxylic acids is 1. The van der Waals surface area contributed by atoms with Crippen LogP contribution in [0.15, 0.2) is 12.7 Å². The number of hydrogen-bond acceptors (Lipinski definition) is 3. The smallest absolute Gasteiger partial charge is 0.395 e. The first-order valence-corrected chi connectivity index (χ1v) is 4.67. The third-order valence-corrected chi connectivity index (χ3v) is 1.67. The van der Waals surface area contributed by atoms with E-state index in [-0.39, 0.29) is 19.7 Å². The molecule has 0 fully saturated rings. The van der Waals surface area contributed by atoms with Gasteiger partial charge in [0.1, 0.15) is 0 Å². The number of nitrogens with one attached hydrogen (secondary N) is 1. The molecule has 0 unspecified atom stereocenters. The third kappa shape index (κ3) is 7.24. The lowest BCUT2D eigenvalue weighted by Gasteiger charge is -2.20. The molecule has 0 saturated heterocycles. The Balaban J connectivity index is 3.96. The van der Waals surface area contributed by atoms with Crippen LogP contribution in [0, 0.1) is 0 Å². The van der Waals surface area contributed by atoms with Gasteiger partial charge in [-0.05, 0) is 0 Å². The molecule has 94 valence electrons. The zero-order valence-electron chi connectivity index (χ0n) is 8.76. The standard InChI is InChI=1S/C9H15F3N2O2/c1-2-3-14(4-5-15)8(16)6-13-7-9(10,11)12/h2,13,15H,1,3-7H2. The predicted octanol–water partition coefficient (Wildman–Crippen LogP) is 0.145. The fraction of sp³-hybridized carbons (Fsp3) is 0.667. The average molecular weight is 240 g/mol. The van der Waals surface area contributed by atoms with Gasteiger partial charge in [0.2, 0.25) is 5.91 Å². The minimum atomic E-state index is -4.33. The van der Waals surface area contributed by atoms with Crippen molar-refractivity contribution >= 4 is 5.91 Å². The normalized spacial score (nSPS) is 11.2. The van der Waals surface area contributed by atoms with E-state index in [0.29, 0.717) is 0 Å². The van der Waals surface area contributed by atoms with Gasteiger partial charge in [-0.2, -0.15) is 13.2 Å². The SMILES string of the molecule is C=CCN(CCO)C(=O)CNCC(F)(F)F. The first-order valence-electron chi connectivity index (χ1n) is 4.67. The highest BCUT2D eigenvalue weighted by atomic mass is 19.4. The number of carbonyl (C=O) groups is 1. The van der Waals surface area contributed by atoms with Crippen LogP contribution in [0.3, 0.4) is 0 Å². The first-order chi connectivity index (χ1) is 7.40. The van der Waals surface area contributed by atoms with Crippen molar-refractivity contribution in [2.75, 3.05) is 32.8 Å². The van der Waals surface area contributed by atoms with Crippen molar-refractivity contribution in [3.05, 3.63) is 12.7 Å². The Morgan fingerprint density at radius 3 is 2.56 bits per heavy atom. The molecule has 0 atom stereocenters. The summed E-state index contributed by atoms with van der Waals surface area (Å²) in [6.45, 7) is 1.84. The number of nitrogens with zero attached hydrogens (tertiary/aromatic N) is 1. The van der Waals surface area contributed by atoms with E-state index < -0.39 is 25.2 Å². The van der Waals surface area contributed by atoms with E-state index in [0.717, 1.165) is 0 Å². The molecule has 1 amide bonds. The molecule has 0 aliphatic heterocycles. The molecule has 0 aromatic carbocycles. The molecule has 2 N–H and O–H groups in total. The van der Waals surface area contributed by atoms with Gasteiger partial charge in [-0.3, -0.25) is 4.79 Å². The Bertz CT molecular complexity index is 231. The topological polar surface area (TPSA) is 52.6 Å². The van der Waals surface area contributed by atoms with Crippen molar-refractivity contribution in [2.24, 2.45) is 0 Å². The number of aliphatic hydroxyl groups excluding tert-OH is 1. The highest BCUT2D eigenvalue weighted by Crippen LogP contribution is 2.11. The minimum absolute atomic E-state index is 0.0819. The molecule has 0 heterocycles. The van der Waals surface area contributed by atoms with Gasteiger partial charge in [0, 0.05) is 13.1 Å². The van der Waals surface area contributed by atoms with Gasteiger partial charge >= 0.3 is 6.18 Å². The highest BCUT2D eigenvalue weighted by Gasteiger charge is 2.26. The Labute approximate surface area is 91.7 Å². The molecule has 0 radical (unpaired) electrons. The van der Waals surface area contributed by atoms with Crippen LogP contribution in [-0.2, 0) is 4.79 Å². The minimum Gasteiger partial charge on any atom is -0.395 e. The number of alkyl halides is 3. The molecule has 0 aliphatic carbocycles. The van der Waals surface area contributed by atoms with Crippen LogP contribution >= 0.6 is 0 Å². The zero-order chi connectivity index (χ0) is 12.6. The lowest BCUT2D eigenvalue weighted by molar-refractivity contribution is -0.134. The number of hydrogen-bond donors (Lipinski definition) is 2. The molecule has 0 aromatic rings. The third-order valence-electron chi connectivity index (χ3n) is 1.67. The lowest BCUT2D eigenvalue weighted by Crippen LogP contribution is -2.42. The maximum absolute atomic E-state index is 11.8. The van der Waals surface area contributed by atoms with Gasteiger partial charge in [0.05, 0.1) is 19.7 Å². The monoisotopic (exact) mass is 240 g/mol. The summed E-state index contributed by atoms with van der Waals surface area (Å²) >= 11 is 0. The Hall–Kier alpha value is -1.08. The quantitative estimate of drug-likeness (QED) is 0.623. The van der Waals surface area contributed by atoms with Crippen LogP contribution in [0.25, 0.3) is 0 Å². The average Bonchev–Trinajstić information content (AvgIpc) is 2.15. The van der Waals surface area contributed by atoms with E-state index in [4.69, 9.17) is 5.11 Å². The summed E-state index contributed by atoms with van der Waals surface area (Å²) in [4.78, 5) is 12.6. The van der Waals surface area contributed by atoms with Crippen LogP contribution in [-0.4, -0.2) is 54.9 Å². The van der Waals surface area contributed by atoms with Gasteiger partial charge < -0.3 is 15.3 Å². The van der Waals surface area contributed by atoms with Gasteiger partial charge in [-0.15, -0.1) is 6.58 Å². The molecule has 0 aromatic heterocycles. The molecular weight excluding hydrogens is 225 g/mol. The molecule has 0 aliphatic rings. The summed E-state index contributed by atoms with van der Waals surface area (Å²) in [5.74, 6) is -0.502. The van der Waals surface area contributed by atoms with E-state index in [9.17, 15) is 18.0 Å². The van der Waals surface area contributed by atoms with E-state index in [1.165, 1.54) is 11.0 Å². The number of aliphatic hydroxyl groups is 1. The number of halogens is 3. The molecule has 0 bridgehead atoms. The van der Waals surface area contributed by atoms with Crippen LogP contribution in [0.4, 0.5) is 13.2 Å². The molecular formula is C9H15F3N2O2. The number of rotatable bonds is 7. The van der Waals surface area contributed by atoms with Crippen LogP contribution < -0.4 is 5.32 Å². The summed E-state index contributed by atoms with van der Waals surface area (Å²) in [6, 6.07) is 0. The number of amides is 1. The Kier molecular flexibility index (Phi) is 6.75. The van der Waals surface area contributed by atoms with E-state index in [1.54, 1.807) is 0 Å². The van der Waals surface area contributed by atoms with E-state index in [1.807, 2.05) is 5.32 Å². The Morgan fingerprint density at radius 2 is 2.12 bits per heavy atom. The molecule has 0 rings (SSSR count). The molecule has 7 heteroatoms. The summed E-state index contributed by atoms with van der Waals surface area (Å²) < 4.78 is 35.3. The summed E-state index contributed by atoms with van der Waals surface area (Å²) in [6.07, 6.45) is -2.89. The summed E-state index contributed by atoms with van der Waals surface area (Å²) in [5.41, 5.74) is 0. The molecule has 0 spiro atoms. The van der Waals surface area contributed by atoms with Gasteiger partial charge in [-0.1, -0.05) is 6.08 Å². The summed E-state index contributed by atoms with van der Waals surface area (Å²) in [7, 11) is 0. The van der Waals surface area contributed by atoms with Crippen molar-refractivity contribution in [1.29, 1.82) is 0 Å². The van der Waals surface area contributed by atoms with Crippen LogP contribution in [0.5, 0.6) is 0 Å². The Morgan fingerprint density at radius 1 is 1.50 bits per heavy atom. The van der Waals surface area contributed by atoms with Gasteiger partial charge in [0.25, 0.3) is 0 Å².